The zero-order chi connectivity index (χ0) is 18.4. The fourth-order valence-electron chi connectivity index (χ4n) is 4.02. The summed E-state index contributed by atoms with van der Waals surface area (Å²) in [5.74, 6) is 0.938. The molecule has 0 saturated carbocycles. The van der Waals surface area contributed by atoms with Gasteiger partial charge in [-0.05, 0) is 57.8 Å². The van der Waals surface area contributed by atoms with E-state index in [2.05, 4.69) is 65.6 Å². The average Bonchev–Trinajstić information content (AvgIpc) is 3.23. The van der Waals surface area contributed by atoms with E-state index in [0.29, 0.717) is 6.04 Å². The third-order valence-electron chi connectivity index (χ3n) is 5.40. The lowest BCUT2D eigenvalue weighted by Gasteiger charge is -2.21. The summed E-state index contributed by atoms with van der Waals surface area (Å²) in [6, 6.07) is 9.14. The maximum Gasteiger partial charge on any atom is 0.191 e. The SMILES string of the molecule is CCNC(=NCC1CCCN1CC)NCCc1c(C)[nH]c2ccccc12.I. The number of rotatable bonds is 7. The number of H-pyrrole nitrogens is 1. The molecule has 6 heteroatoms. The van der Waals surface area contributed by atoms with Gasteiger partial charge in [-0.1, -0.05) is 25.1 Å². The van der Waals surface area contributed by atoms with Crippen LogP contribution in [0.4, 0.5) is 0 Å². The Bertz CT molecular complexity index is 739. The molecule has 1 aromatic heterocycles. The molecule has 1 aromatic carbocycles. The first-order valence-electron chi connectivity index (χ1n) is 10.0. The predicted molar refractivity (Wildman–Crippen MR) is 126 cm³/mol. The number of halogens is 1. The second-order valence-corrected chi connectivity index (χ2v) is 7.10. The number of aliphatic imine (C=N–C) groups is 1. The van der Waals surface area contributed by atoms with Gasteiger partial charge >= 0.3 is 0 Å². The number of hydrogen-bond acceptors (Lipinski definition) is 2. The number of nitrogens with zero attached hydrogens (tertiary/aromatic N) is 2. The average molecular weight is 483 g/mol. The number of benzene rings is 1. The maximum absolute atomic E-state index is 4.84. The van der Waals surface area contributed by atoms with Gasteiger partial charge in [0.2, 0.25) is 0 Å². The Hall–Kier alpha value is -1.28. The molecular weight excluding hydrogens is 449 g/mol. The van der Waals surface area contributed by atoms with Crippen molar-refractivity contribution >= 4 is 40.8 Å². The van der Waals surface area contributed by atoms with Crippen molar-refractivity contribution in [1.82, 2.24) is 20.5 Å². The minimum absolute atomic E-state index is 0. The number of guanidine groups is 1. The van der Waals surface area contributed by atoms with E-state index in [1.807, 2.05) is 0 Å². The summed E-state index contributed by atoms with van der Waals surface area (Å²) >= 11 is 0. The Labute approximate surface area is 180 Å². The van der Waals surface area contributed by atoms with Crippen molar-refractivity contribution in [2.75, 3.05) is 32.7 Å². The van der Waals surface area contributed by atoms with Crippen LogP contribution in [-0.4, -0.2) is 54.6 Å². The summed E-state index contributed by atoms with van der Waals surface area (Å²) in [6.45, 7) is 11.5. The number of likely N-dealkylation sites (tertiary alicyclic amines) is 1. The fraction of sp³-hybridized carbons (Fsp3) is 0.571. The highest BCUT2D eigenvalue weighted by Gasteiger charge is 2.22. The van der Waals surface area contributed by atoms with E-state index >= 15 is 0 Å². The monoisotopic (exact) mass is 483 g/mol. The normalized spacial score (nSPS) is 17.9. The van der Waals surface area contributed by atoms with Gasteiger partial charge in [0.05, 0.1) is 6.54 Å². The third kappa shape index (κ3) is 5.60. The quantitative estimate of drug-likeness (QED) is 0.320. The van der Waals surface area contributed by atoms with Crippen molar-refractivity contribution in [1.29, 1.82) is 0 Å². The van der Waals surface area contributed by atoms with Crippen LogP contribution < -0.4 is 10.6 Å². The van der Waals surface area contributed by atoms with Gasteiger partial charge in [-0.3, -0.25) is 9.89 Å². The lowest BCUT2D eigenvalue weighted by atomic mass is 10.1. The number of fused-ring (bicyclic) bond motifs is 1. The molecule has 0 bridgehead atoms. The fourth-order valence-corrected chi connectivity index (χ4v) is 4.02. The predicted octanol–water partition coefficient (Wildman–Crippen LogP) is 3.68. The molecule has 150 valence electrons. The smallest absolute Gasteiger partial charge is 0.191 e. The minimum Gasteiger partial charge on any atom is -0.358 e. The van der Waals surface area contributed by atoms with Gasteiger partial charge < -0.3 is 15.6 Å². The number of aromatic nitrogens is 1. The Morgan fingerprint density at radius 2 is 2.07 bits per heavy atom. The topological polar surface area (TPSA) is 55.5 Å². The third-order valence-corrected chi connectivity index (χ3v) is 5.40. The van der Waals surface area contributed by atoms with Crippen molar-refractivity contribution < 1.29 is 0 Å². The molecule has 1 atom stereocenters. The van der Waals surface area contributed by atoms with Gasteiger partial charge in [0, 0.05) is 35.7 Å². The summed E-state index contributed by atoms with van der Waals surface area (Å²) in [5.41, 5.74) is 3.89. The van der Waals surface area contributed by atoms with Gasteiger partial charge in [-0.2, -0.15) is 0 Å². The van der Waals surface area contributed by atoms with Crippen LogP contribution in [0.25, 0.3) is 10.9 Å². The van der Waals surface area contributed by atoms with Crippen LogP contribution in [0.15, 0.2) is 29.3 Å². The molecule has 0 aliphatic carbocycles. The van der Waals surface area contributed by atoms with Gasteiger partial charge in [-0.25, -0.2) is 0 Å². The highest BCUT2D eigenvalue weighted by Crippen LogP contribution is 2.22. The van der Waals surface area contributed by atoms with E-state index in [-0.39, 0.29) is 24.0 Å². The first-order valence-corrected chi connectivity index (χ1v) is 10.0. The Kier molecular flexibility index (Phi) is 8.89. The van der Waals surface area contributed by atoms with Crippen LogP contribution in [0.1, 0.15) is 37.9 Å². The molecule has 2 aromatic rings. The van der Waals surface area contributed by atoms with Crippen molar-refractivity contribution in [2.24, 2.45) is 4.99 Å². The van der Waals surface area contributed by atoms with Gasteiger partial charge in [-0.15, -0.1) is 24.0 Å². The number of hydrogen-bond donors (Lipinski definition) is 3. The molecule has 5 nitrogen and oxygen atoms in total. The number of aromatic amines is 1. The van der Waals surface area contributed by atoms with Gasteiger partial charge in [0.15, 0.2) is 5.96 Å². The molecule has 0 spiro atoms. The molecule has 1 unspecified atom stereocenters. The lowest BCUT2D eigenvalue weighted by Crippen LogP contribution is -2.40. The molecule has 3 rings (SSSR count). The van der Waals surface area contributed by atoms with E-state index in [4.69, 9.17) is 4.99 Å². The van der Waals surface area contributed by atoms with Crippen molar-refractivity contribution in [3.05, 3.63) is 35.5 Å². The van der Waals surface area contributed by atoms with Crippen LogP contribution in [0.5, 0.6) is 0 Å². The number of aryl methyl sites for hydroxylation is 1. The van der Waals surface area contributed by atoms with Crippen molar-refractivity contribution in [2.45, 2.75) is 46.1 Å². The number of likely N-dealkylation sites (N-methyl/N-ethyl adjacent to an activating group) is 1. The second-order valence-electron chi connectivity index (χ2n) is 7.10. The molecule has 0 amide bonds. The number of nitrogens with one attached hydrogen (secondary N) is 3. The molecule has 1 saturated heterocycles. The van der Waals surface area contributed by atoms with E-state index in [9.17, 15) is 0 Å². The van der Waals surface area contributed by atoms with Crippen molar-refractivity contribution in [3.63, 3.8) is 0 Å². The largest absolute Gasteiger partial charge is 0.358 e. The summed E-state index contributed by atoms with van der Waals surface area (Å²) in [7, 11) is 0. The maximum atomic E-state index is 4.84. The Morgan fingerprint density at radius 1 is 1.26 bits per heavy atom. The Balaban J connectivity index is 0.00000261. The molecule has 1 fully saturated rings. The summed E-state index contributed by atoms with van der Waals surface area (Å²) in [4.78, 5) is 10.9. The van der Waals surface area contributed by atoms with Crippen LogP contribution >= 0.6 is 24.0 Å². The van der Waals surface area contributed by atoms with E-state index in [0.717, 1.165) is 38.6 Å². The van der Waals surface area contributed by atoms with Crippen molar-refractivity contribution in [3.8, 4) is 0 Å². The summed E-state index contributed by atoms with van der Waals surface area (Å²) in [5, 5.41) is 8.23. The number of para-hydroxylation sites is 1. The van der Waals surface area contributed by atoms with Crippen LogP contribution in [0.3, 0.4) is 0 Å². The van der Waals surface area contributed by atoms with Gasteiger partial charge in [0.1, 0.15) is 0 Å². The highest BCUT2D eigenvalue weighted by molar-refractivity contribution is 14.0. The van der Waals surface area contributed by atoms with E-state index < -0.39 is 0 Å². The second kappa shape index (κ2) is 10.9. The summed E-state index contributed by atoms with van der Waals surface area (Å²) in [6.07, 6.45) is 3.56. The van der Waals surface area contributed by atoms with E-state index in [1.165, 1.54) is 41.5 Å². The minimum atomic E-state index is 0. The first-order chi connectivity index (χ1) is 12.7. The van der Waals surface area contributed by atoms with Crippen LogP contribution in [0.2, 0.25) is 0 Å². The lowest BCUT2D eigenvalue weighted by molar-refractivity contribution is 0.273. The zero-order valence-electron chi connectivity index (χ0n) is 16.8. The molecular formula is C21H34IN5. The highest BCUT2D eigenvalue weighted by atomic mass is 127. The molecule has 1 aliphatic heterocycles. The summed E-state index contributed by atoms with van der Waals surface area (Å²) < 4.78 is 0. The molecule has 1 aliphatic rings. The molecule has 0 radical (unpaired) electrons. The molecule has 2 heterocycles. The van der Waals surface area contributed by atoms with Crippen LogP contribution in [0, 0.1) is 6.92 Å². The first kappa shape index (κ1) is 22.0. The van der Waals surface area contributed by atoms with Crippen LogP contribution in [-0.2, 0) is 6.42 Å². The molecule has 3 N–H and O–H groups in total. The molecule has 27 heavy (non-hydrogen) atoms. The van der Waals surface area contributed by atoms with Gasteiger partial charge in [0.25, 0.3) is 0 Å². The zero-order valence-corrected chi connectivity index (χ0v) is 19.2. The Morgan fingerprint density at radius 3 is 2.85 bits per heavy atom. The van der Waals surface area contributed by atoms with E-state index in [1.54, 1.807) is 0 Å². The standard InChI is InChI=1S/C21H33N5.HI/c1-4-22-21(24-15-17-9-8-14-26(17)5-2)23-13-12-18-16(3)25-20-11-7-6-10-19(18)20;/h6-7,10-11,17,25H,4-5,8-9,12-15H2,1-3H3,(H2,22,23,24);1H.